The highest BCUT2D eigenvalue weighted by atomic mass is 79.9. The lowest BCUT2D eigenvalue weighted by atomic mass is 10.1. The zero-order chi connectivity index (χ0) is 19.2. The van der Waals surface area contributed by atoms with Gasteiger partial charge in [-0.1, -0.05) is 34.1 Å². The monoisotopic (exact) mass is 432 g/mol. The predicted octanol–water partition coefficient (Wildman–Crippen LogP) is 4.57. The number of anilines is 1. The zero-order valence-electron chi connectivity index (χ0n) is 14.4. The molecular formula is C20H18BrFN2O3. The normalized spacial score (nSPS) is 10.7. The minimum Gasteiger partial charge on any atom is -0.456 e. The Morgan fingerprint density at radius 2 is 2.00 bits per heavy atom. The molecule has 0 saturated heterocycles. The van der Waals surface area contributed by atoms with Crippen LogP contribution in [0.1, 0.15) is 18.4 Å². The number of aromatic nitrogens is 1. The first kappa shape index (κ1) is 19.1. The van der Waals surface area contributed by atoms with Gasteiger partial charge in [0.25, 0.3) is 5.91 Å². The van der Waals surface area contributed by atoms with E-state index in [1.54, 1.807) is 6.07 Å². The topological polar surface area (TPSA) is 71.2 Å². The second-order valence-electron chi connectivity index (χ2n) is 6.05. The quantitative estimate of drug-likeness (QED) is 0.536. The molecule has 0 radical (unpaired) electrons. The standard InChI is InChI=1S/C20H18BrFN2O3/c21-14-8-9-18(16(22)10-14)24-19(25)12-27-20(26)7-3-4-13-11-23-17-6-2-1-5-15(13)17/h1-2,5-6,8-11,23H,3-4,7,12H2,(H,24,25). The van der Waals surface area contributed by atoms with Crippen LogP contribution >= 0.6 is 15.9 Å². The van der Waals surface area contributed by atoms with Crippen LogP contribution in [0.3, 0.4) is 0 Å². The number of nitrogens with one attached hydrogen (secondary N) is 2. The minimum atomic E-state index is -0.582. The number of aromatic amines is 1. The molecule has 140 valence electrons. The molecule has 2 N–H and O–H groups in total. The molecule has 0 aliphatic heterocycles. The summed E-state index contributed by atoms with van der Waals surface area (Å²) in [7, 11) is 0. The Bertz CT molecular complexity index is 971. The molecule has 0 bridgehead atoms. The zero-order valence-corrected chi connectivity index (χ0v) is 16.0. The lowest BCUT2D eigenvalue weighted by Crippen LogP contribution is -2.21. The summed E-state index contributed by atoms with van der Waals surface area (Å²) in [5.74, 6) is -1.61. The van der Waals surface area contributed by atoms with E-state index in [1.165, 1.54) is 12.1 Å². The van der Waals surface area contributed by atoms with Gasteiger partial charge in [0.15, 0.2) is 6.61 Å². The molecule has 5 nitrogen and oxygen atoms in total. The molecule has 2 aromatic carbocycles. The Morgan fingerprint density at radius 1 is 1.19 bits per heavy atom. The van der Waals surface area contributed by atoms with Gasteiger partial charge in [-0.15, -0.1) is 0 Å². The van der Waals surface area contributed by atoms with Gasteiger partial charge < -0.3 is 15.0 Å². The number of carbonyl (C=O) groups excluding carboxylic acids is 2. The summed E-state index contributed by atoms with van der Waals surface area (Å²) in [5, 5.41) is 3.52. The van der Waals surface area contributed by atoms with Gasteiger partial charge >= 0.3 is 5.97 Å². The van der Waals surface area contributed by atoms with Crippen molar-refractivity contribution in [2.45, 2.75) is 19.3 Å². The van der Waals surface area contributed by atoms with Crippen molar-refractivity contribution in [3.8, 4) is 0 Å². The van der Waals surface area contributed by atoms with Crippen LogP contribution in [0.5, 0.6) is 0 Å². The number of rotatable bonds is 7. The van der Waals surface area contributed by atoms with Gasteiger partial charge in [0.1, 0.15) is 5.82 Å². The van der Waals surface area contributed by atoms with Gasteiger partial charge in [0, 0.05) is 28.0 Å². The van der Waals surface area contributed by atoms with Crippen LogP contribution in [-0.2, 0) is 20.7 Å². The van der Waals surface area contributed by atoms with Gasteiger partial charge in [0.2, 0.25) is 0 Å². The van der Waals surface area contributed by atoms with Crippen molar-refractivity contribution in [3.63, 3.8) is 0 Å². The largest absolute Gasteiger partial charge is 0.456 e. The molecule has 0 spiro atoms. The third kappa shape index (κ3) is 5.17. The summed E-state index contributed by atoms with van der Waals surface area (Å²) in [6.07, 6.45) is 3.49. The molecule has 3 aromatic rings. The maximum absolute atomic E-state index is 13.7. The van der Waals surface area contributed by atoms with E-state index in [-0.39, 0.29) is 12.1 Å². The number of carbonyl (C=O) groups is 2. The first-order valence-corrected chi connectivity index (χ1v) is 9.28. The van der Waals surface area contributed by atoms with Gasteiger partial charge in [-0.05, 0) is 42.7 Å². The smallest absolute Gasteiger partial charge is 0.306 e. The van der Waals surface area contributed by atoms with Gasteiger partial charge in [-0.2, -0.15) is 0 Å². The van der Waals surface area contributed by atoms with Crippen LogP contribution < -0.4 is 5.32 Å². The van der Waals surface area contributed by atoms with Crippen molar-refractivity contribution in [2.75, 3.05) is 11.9 Å². The Balaban J connectivity index is 1.41. The lowest BCUT2D eigenvalue weighted by molar-refractivity contribution is -0.147. The maximum atomic E-state index is 13.7. The highest BCUT2D eigenvalue weighted by Gasteiger charge is 2.11. The van der Waals surface area contributed by atoms with Crippen molar-refractivity contribution < 1.29 is 18.7 Å². The van der Waals surface area contributed by atoms with E-state index in [0.29, 0.717) is 10.9 Å². The fourth-order valence-corrected chi connectivity index (χ4v) is 3.09. The molecule has 0 saturated carbocycles. The molecule has 27 heavy (non-hydrogen) atoms. The van der Waals surface area contributed by atoms with Crippen molar-refractivity contribution in [2.24, 2.45) is 0 Å². The van der Waals surface area contributed by atoms with Gasteiger partial charge in [-0.25, -0.2) is 4.39 Å². The molecule has 3 rings (SSSR count). The molecule has 0 aliphatic carbocycles. The van der Waals surface area contributed by atoms with E-state index >= 15 is 0 Å². The van der Waals surface area contributed by atoms with Crippen molar-refractivity contribution in [1.82, 2.24) is 4.98 Å². The van der Waals surface area contributed by atoms with E-state index in [9.17, 15) is 14.0 Å². The molecule has 0 atom stereocenters. The number of H-pyrrole nitrogens is 1. The fourth-order valence-electron chi connectivity index (χ4n) is 2.76. The first-order chi connectivity index (χ1) is 13.0. The highest BCUT2D eigenvalue weighted by Crippen LogP contribution is 2.20. The summed E-state index contributed by atoms with van der Waals surface area (Å²) in [5.41, 5.74) is 2.24. The number of esters is 1. The number of hydrogen-bond donors (Lipinski definition) is 2. The van der Waals surface area contributed by atoms with E-state index in [1.807, 2.05) is 30.5 Å². The Labute approximate surface area is 164 Å². The average Bonchev–Trinajstić information content (AvgIpc) is 3.06. The van der Waals surface area contributed by atoms with E-state index in [2.05, 4.69) is 26.2 Å². The number of aryl methyl sites for hydroxylation is 1. The number of fused-ring (bicyclic) bond motifs is 1. The highest BCUT2D eigenvalue weighted by molar-refractivity contribution is 9.10. The number of benzene rings is 2. The molecule has 1 heterocycles. The number of ether oxygens (including phenoxy) is 1. The number of amides is 1. The van der Waals surface area contributed by atoms with E-state index in [4.69, 9.17) is 4.74 Å². The van der Waals surface area contributed by atoms with Gasteiger partial charge in [0.05, 0.1) is 5.69 Å². The summed E-state index contributed by atoms with van der Waals surface area (Å²) in [6, 6.07) is 12.2. The van der Waals surface area contributed by atoms with Crippen molar-refractivity contribution in [3.05, 3.63) is 64.5 Å². The van der Waals surface area contributed by atoms with E-state index in [0.717, 1.165) is 22.9 Å². The molecule has 1 aromatic heterocycles. The number of hydrogen-bond acceptors (Lipinski definition) is 3. The third-order valence-corrected chi connectivity index (χ3v) is 4.56. The summed E-state index contributed by atoms with van der Waals surface area (Å²) in [4.78, 5) is 26.8. The number of para-hydroxylation sites is 1. The molecule has 0 unspecified atom stereocenters. The second-order valence-corrected chi connectivity index (χ2v) is 6.96. The summed E-state index contributed by atoms with van der Waals surface area (Å²) >= 11 is 3.14. The van der Waals surface area contributed by atoms with Crippen LogP contribution in [0, 0.1) is 5.82 Å². The second kappa shape index (κ2) is 8.81. The van der Waals surface area contributed by atoms with Crippen LogP contribution in [0.2, 0.25) is 0 Å². The van der Waals surface area contributed by atoms with Gasteiger partial charge in [-0.3, -0.25) is 9.59 Å². The Hall–Kier alpha value is -2.67. The first-order valence-electron chi connectivity index (χ1n) is 8.48. The minimum absolute atomic E-state index is 0.0404. The Kier molecular flexibility index (Phi) is 6.24. The Morgan fingerprint density at radius 3 is 2.81 bits per heavy atom. The predicted molar refractivity (Wildman–Crippen MR) is 105 cm³/mol. The molecule has 1 amide bonds. The number of halogens is 2. The molecule has 0 aliphatic rings. The van der Waals surface area contributed by atoms with Crippen LogP contribution in [0.15, 0.2) is 53.1 Å². The molecular weight excluding hydrogens is 415 g/mol. The lowest BCUT2D eigenvalue weighted by Gasteiger charge is -2.08. The van der Waals surface area contributed by atoms with Crippen LogP contribution in [-0.4, -0.2) is 23.5 Å². The van der Waals surface area contributed by atoms with Crippen molar-refractivity contribution >= 4 is 44.4 Å². The van der Waals surface area contributed by atoms with E-state index < -0.39 is 24.3 Å². The molecule has 0 fully saturated rings. The van der Waals surface area contributed by atoms with Crippen LogP contribution in [0.25, 0.3) is 10.9 Å². The summed E-state index contributed by atoms with van der Waals surface area (Å²) in [6.45, 7) is -0.443. The SMILES string of the molecule is O=C(COC(=O)CCCc1c[nH]c2ccccc12)Nc1ccc(Br)cc1F. The summed E-state index contributed by atoms with van der Waals surface area (Å²) < 4.78 is 19.2. The third-order valence-electron chi connectivity index (χ3n) is 4.07. The molecule has 7 heteroatoms. The van der Waals surface area contributed by atoms with Crippen molar-refractivity contribution in [1.29, 1.82) is 0 Å². The maximum Gasteiger partial charge on any atom is 0.306 e. The average molecular weight is 433 g/mol. The fraction of sp³-hybridized carbons (Fsp3) is 0.200. The van der Waals surface area contributed by atoms with Crippen LogP contribution in [0.4, 0.5) is 10.1 Å².